The van der Waals surface area contributed by atoms with Gasteiger partial charge in [0.15, 0.2) is 0 Å². The molecule has 4 heteroatoms. The molecule has 84 valence electrons. The maximum Gasteiger partial charge on any atom is 0.0407 e. The summed E-state index contributed by atoms with van der Waals surface area (Å²) in [6.45, 7) is 0. The van der Waals surface area contributed by atoms with E-state index in [1.165, 1.54) is 0 Å². The second-order valence-electron chi connectivity index (χ2n) is 2.87. The summed E-state index contributed by atoms with van der Waals surface area (Å²) in [7, 11) is 0. The van der Waals surface area contributed by atoms with Crippen molar-refractivity contribution in [3.8, 4) is 0 Å². The highest BCUT2D eigenvalue weighted by atomic mass is 35.5. The van der Waals surface area contributed by atoms with Gasteiger partial charge in [0.2, 0.25) is 0 Å². The first kappa shape index (κ1) is 13.7. The van der Waals surface area contributed by atoms with E-state index in [0.29, 0.717) is 0 Å². The normalized spacial score (nSPS) is 9.25. The van der Waals surface area contributed by atoms with E-state index in [1.54, 1.807) is 48.5 Å². The summed E-state index contributed by atoms with van der Waals surface area (Å²) < 4.78 is 0. The van der Waals surface area contributed by atoms with Gasteiger partial charge in [-0.15, -0.1) is 0 Å². The Kier molecular flexibility index (Phi) is 6.00. The van der Waals surface area contributed by atoms with Crippen LogP contribution in [-0.2, 0) is 0 Å². The minimum atomic E-state index is 0.717. The molecule has 0 fully saturated rings. The van der Waals surface area contributed by atoms with Crippen molar-refractivity contribution < 1.29 is 0 Å². The molecule has 0 atom stereocenters. The smallest absolute Gasteiger partial charge is 0.0407 e. The molecular formula is C12H8Cl4. The molecule has 16 heavy (non-hydrogen) atoms. The Morgan fingerprint density at radius 1 is 0.375 bits per heavy atom. The zero-order chi connectivity index (χ0) is 12.0. The molecule has 2 aromatic carbocycles. The lowest BCUT2D eigenvalue weighted by molar-refractivity contribution is 1.71. The number of rotatable bonds is 0. The molecule has 0 saturated carbocycles. The predicted octanol–water partition coefficient (Wildman–Crippen LogP) is 5.99. The Morgan fingerprint density at radius 3 is 0.625 bits per heavy atom. The summed E-state index contributed by atoms with van der Waals surface area (Å²) in [4.78, 5) is 0. The van der Waals surface area contributed by atoms with Crippen LogP contribution in [0.1, 0.15) is 0 Å². The average Bonchev–Trinajstić information content (AvgIpc) is 2.28. The van der Waals surface area contributed by atoms with Gasteiger partial charge in [0.05, 0.1) is 0 Å². The van der Waals surface area contributed by atoms with Crippen LogP contribution in [0, 0.1) is 0 Å². The monoisotopic (exact) mass is 292 g/mol. The van der Waals surface area contributed by atoms with Gasteiger partial charge in [0, 0.05) is 20.1 Å². The molecule has 0 aliphatic heterocycles. The zero-order valence-electron chi connectivity index (χ0n) is 8.13. The number of hydrogen-bond acceptors (Lipinski definition) is 0. The minimum absolute atomic E-state index is 0.717. The highest BCUT2D eigenvalue weighted by molar-refractivity contribution is 6.33. The Bertz CT molecular complexity index is 334. The summed E-state index contributed by atoms with van der Waals surface area (Å²) in [5, 5.41) is 2.87. The molecule has 0 aliphatic carbocycles. The molecule has 0 radical (unpaired) electrons. The molecule has 0 heterocycles. The van der Waals surface area contributed by atoms with Crippen molar-refractivity contribution in [3.05, 3.63) is 68.6 Å². The molecule has 0 aromatic heterocycles. The maximum atomic E-state index is 5.55. The van der Waals surface area contributed by atoms with Crippen molar-refractivity contribution in [2.45, 2.75) is 0 Å². The van der Waals surface area contributed by atoms with E-state index >= 15 is 0 Å². The molecule has 0 N–H and O–H groups in total. The van der Waals surface area contributed by atoms with Gasteiger partial charge in [-0.2, -0.15) is 0 Å². The van der Waals surface area contributed by atoms with E-state index in [-0.39, 0.29) is 0 Å². The lowest BCUT2D eigenvalue weighted by Gasteiger charge is -1.86. The fourth-order valence-corrected chi connectivity index (χ4v) is 1.36. The highest BCUT2D eigenvalue weighted by Gasteiger charge is 1.84. The molecule has 2 aromatic rings. The largest absolute Gasteiger partial charge is 0.0843 e. The summed E-state index contributed by atoms with van der Waals surface area (Å²) in [5.74, 6) is 0. The number of benzene rings is 2. The van der Waals surface area contributed by atoms with Crippen molar-refractivity contribution in [2.75, 3.05) is 0 Å². The number of halogens is 4. The van der Waals surface area contributed by atoms with Crippen LogP contribution >= 0.6 is 46.4 Å². The molecule has 0 nitrogen and oxygen atoms in total. The second kappa shape index (κ2) is 7.03. The topological polar surface area (TPSA) is 0 Å². The van der Waals surface area contributed by atoms with Crippen molar-refractivity contribution >= 4 is 46.4 Å². The molecule has 0 amide bonds. The summed E-state index contributed by atoms with van der Waals surface area (Å²) in [6.07, 6.45) is 0. The summed E-state index contributed by atoms with van der Waals surface area (Å²) in [6, 6.07) is 14.0. The molecule has 0 bridgehead atoms. The van der Waals surface area contributed by atoms with Gasteiger partial charge in [0.25, 0.3) is 0 Å². The Morgan fingerprint density at radius 2 is 0.500 bits per heavy atom. The third-order valence-corrected chi connectivity index (χ3v) is 2.61. The molecule has 0 saturated heterocycles. The second-order valence-corrected chi connectivity index (χ2v) is 4.62. The van der Waals surface area contributed by atoms with Crippen LogP contribution in [0.2, 0.25) is 20.1 Å². The van der Waals surface area contributed by atoms with Crippen molar-refractivity contribution in [2.24, 2.45) is 0 Å². The summed E-state index contributed by atoms with van der Waals surface area (Å²) in [5.41, 5.74) is 0. The van der Waals surface area contributed by atoms with E-state index in [9.17, 15) is 0 Å². The SMILES string of the molecule is Clc1ccc(Cl)cc1.Clc1ccc(Cl)cc1. The van der Waals surface area contributed by atoms with E-state index in [4.69, 9.17) is 46.4 Å². The number of hydrogen-bond donors (Lipinski definition) is 0. The Balaban J connectivity index is 0.000000160. The predicted molar refractivity (Wildman–Crippen MR) is 72.9 cm³/mol. The van der Waals surface area contributed by atoms with Crippen molar-refractivity contribution in [1.82, 2.24) is 0 Å². The Hall–Kier alpha value is -0.400. The lowest BCUT2D eigenvalue weighted by atomic mass is 10.4. The van der Waals surface area contributed by atoms with Gasteiger partial charge in [-0.1, -0.05) is 46.4 Å². The van der Waals surface area contributed by atoms with Crippen LogP contribution in [0.5, 0.6) is 0 Å². The van der Waals surface area contributed by atoms with E-state index in [1.807, 2.05) is 0 Å². The fourth-order valence-electron chi connectivity index (χ4n) is 0.859. The molecule has 0 aliphatic rings. The van der Waals surface area contributed by atoms with Gasteiger partial charge < -0.3 is 0 Å². The molecular weight excluding hydrogens is 286 g/mol. The quantitative estimate of drug-likeness (QED) is 0.560. The van der Waals surface area contributed by atoms with E-state index in [0.717, 1.165) is 20.1 Å². The first-order chi connectivity index (χ1) is 7.58. The van der Waals surface area contributed by atoms with Crippen molar-refractivity contribution in [1.29, 1.82) is 0 Å². The zero-order valence-corrected chi connectivity index (χ0v) is 11.2. The van der Waals surface area contributed by atoms with E-state index in [2.05, 4.69) is 0 Å². The van der Waals surface area contributed by atoms with E-state index < -0.39 is 0 Å². The molecule has 2 rings (SSSR count). The van der Waals surface area contributed by atoms with Crippen LogP contribution in [0.25, 0.3) is 0 Å². The Labute approximate surface area is 115 Å². The van der Waals surface area contributed by atoms with Crippen molar-refractivity contribution in [3.63, 3.8) is 0 Å². The van der Waals surface area contributed by atoms with Gasteiger partial charge in [-0.05, 0) is 48.5 Å². The molecule has 0 unspecified atom stereocenters. The van der Waals surface area contributed by atoms with Crippen LogP contribution in [0.15, 0.2) is 48.5 Å². The van der Waals surface area contributed by atoms with Crippen LogP contribution in [-0.4, -0.2) is 0 Å². The lowest BCUT2D eigenvalue weighted by Crippen LogP contribution is -1.60. The molecule has 0 spiro atoms. The van der Waals surface area contributed by atoms with Gasteiger partial charge in [-0.25, -0.2) is 0 Å². The van der Waals surface area contributed by atoms with Crippen LogP contribution in [0.4, 0.5) is 0 Å². The van der Waals surface area contributed by atoms with Gasteiger partial charge in [0.1, 0.15) is 0 Å². The third kappa shape index (κ3) is 5.62. The van der Waals surface area contributed by atoms with Gasteiger partial charge in [-0.3, -0.25) is 0 Å². The highest BCUT2D eigenvalue weighted by Crippen LogP contribution is 2.13. The standard InChI is InChI=1S/2C6H4Cl2/c2*7-5-1-2-6(8)4-3-5/h2*1-4H. The first-order valence-corrected chi connectivity index (χ1v) is 5.91. The summed E-state index contributed by atoms with van der Waals surface area (Å²) >= 11 is 22.2. The first-order valence-electron chi connectivity index (χ1n) is 4.40. The third-order valence-electron chi connectivity index (χ3n) is 1.61. The minimum Gasteiger partial charge on any atom is -0.0843 e. The maximum absolute atomic E-state index is 5.55. The van der Waals surface area contributed by atoms with Gasteiger partial charge >= 0.3 is 0 Å². The fraction of sp³-hybridized carbons (Fsp3) is 0. The van der Waals surface area contributed by atoms with Crippen LogP contribution in [0.3, 0.4) is 0 Å². The average molecular weight is 294 g/mol. The van der Waals surface area contributed by atoms with Crippen LogP contribution < -0.4 is 0 Å².